The number of nitrogens with one attached hydrogen (secondary N) is 1. The van der Waals surface area contributed by atoms with Crippen LogP contribution in [-0.4, -0.2) is 38.7 Å². The summed E-state index contributed by atoms with van der Waals surface area (Å²) in [6, 6.07) is 4.75. The predicted octanol–water partition coefficient (Wildman–Crippen LogP) is 3.00. The topological polar surface area (TPSA) is 118 Å². The van der Waals surface area contributed by atoms with Gasteiger partial charge in [-0.3, -0.25) is 24.6 Å². The number of hydrogen-bond donors (Lipinski definition) is 1. The van der Waals surface area contributed by atoms with Gasteiger partial charge in [0.1, 0.15) is 0 Å². The van der Waals surface area contributed by atoms with Crippen LogP contribution in [0.25, 0.3) is 0 Å². The molecule has 1 N–H and O–H groups in total. The van der Waals surface area contributed by atoms with Gasteiger partial charge in [-0.2, -0.15) is 0 Å². The van der Waals surface area contributed by atoms with Gasteiger partial charge in [0, 0.05) is 30.3 Å². The van der Waals surface area contributed by atoms with E-state index in [1.165, 1.54) is 36.1 Å². The van der Waals surface area contributed by atoms with Crippen molar-refractivity contribution in [3.8, 4) is 0 Å². The molecule has 0 unspecified atom stereocenters. The molecule has 3 rings (SSSR count). The number of hydrogen-bond acceptors (Lipinski definition) is 8. The van der Waals surface area contributed by atoms with Gasteiger partial charge < -0.3 is 5.32 Å². The molecule has 11 heteroatoms. The van der Waals surface area contributed by atoms with Gasteiger partial charge >= 0.3 is 0 Å². The number of nitrogens with zero attached hydrogens (tertiary/aromatic N) is 4. The second-order valence-corrected chi connectivity index (χ2v) is 8.24. The van der Waals surface area contributed by atoms with E-state index in [0.717, 1.165) is 12.8 Å². The molecule has 27 heavy (non-hydrogen) atoms. The highest BCUT2D eigenvalue weighted by Crippen LogP contribution is 2.35. The van der Waals surface area contributed by atoms with Crippen molar-refractivity contribution < 1.29 is 14.5 Å². The number of benzene rings is 1. The number of aromatic nitrogens is 2. The van der Waals surface area contributed by atoms with E-state index in [1.54, 1.807) is 24.0 Å². The zero-order valence-corrected chi connectivity index (χ0v) is 16.3. The summed E-state index contributed by atoms with van der Waals surface area (Å²) in [5.41, 5.74) is 0.852. The van der Waals surface area contributed by atoms with Gasteiger partial charge in [-0.05, 0) is 25.8 Å². The Morgan fingerprint density at radius 3 is 2.78 bits per heavy atom. The predicted molar refractivity (Wildman–Crippen MR) is 103 cm³/mol. The van der Waals surface area contributed by atoms with Gasteiger partial charge in [-0.25, -0.2) is 0 Å². The van der Waals surface area contributed by atoms with Gasteiger partial charge in [-0.15, -0.1) is 10.2 Å². The average molecular weight is 407 g/mol. The molecule has 0 atom stereocenters. The van der Waals surface area contributed by atoms with Gasteiger partial charge in [-0.1, -0.05) is 29.2 Å². The normalized spacial score (nSPS) is 13.3. The average Bonchev–Trinajstić information content (AvgIpc) is 3.32. The van der Waals surface area contributed by atoms with Crippen LogP contribution >= 0.6 is 23.1 Å². The second-order valence-electron chi connectivity index (χ2n) is 6.07. The molecule has 0 radical (unpaired) electrons. The quantitative estimate of drug-likeness (QED) is 0.324. The molecule has 1 aromatic carbocycles. The molecule has 1 fully saturated rings. The van der Waals surface area contributed by atoms with E-state index < -0.39 is 4.92 Å². The number of carbonyl (C=O) groups is 2. The maximum absolute atomic E-state index is 12.1. The Kier molecular flexibility index (Phi) is 5.71. The fraction of sp³-hybridized carbons (Fsp3) is 0.375. The summed E-state index contributed by atoms with van der Waals surface area (Å²) in [7, 11) is 0. The van der Waals surface area contributed by atoms with E-state index in [4.69, 9.17) is 0 Å². The molecule has 1 heterocycles. The Hall–Kier alpha value is -2.53. The van der Waals surface area contributed by atoms with Crippen molar-refractivity contribution in [1.82, 2.24) is 10.2 Å². The molecule has 0 spiro atoms. The van der Waals surface area contributed by atoms with Crippen molar-refractivity contribution >= 4 is 51.4 Å². The SMILES string of the molecule is CC(=O)N(c1nnc(SCC(=O)Nc2ccc(C)c([N+](=O)[O-])c2)s1)C1CC1. The van der Waals surface area contributed by atoms with Crippen molar-refractivity contribution in [2.45, 2.75) is 37.1 Å². The summed E-state index contributed by atoms with van der Waals surface area (Å²) >= 11 is 2.48. The lowest BCUT2D eigenvalue weighted by Crippen LogP contribution is -2.30. The first-order valence-corrected chi connectivity index (χ1v) is 9.96. The van der Waals surface area contributed by atoms with Crippen LogP contribution in [-0.2, 0) is 9.59 Å². The Morgan fingerprint density at radius 1 is 1.41 bits per heavy atom. The van der Waals surface area contributed by atoms with Crippen LogP contribution in [0.1, 0.15) is 25.3 Å². The van der Waals surface area contributed by atoms with Crippen LogP contribution in [0.2, 0.25) is 0 Å². The largest absolute Gasteiger partial charge is 0.325 e. The Labute approximate surface area is 163 Å². The number of aryl methyl sites for hydroxylation is 1. The van der Waals surface area contributed by atoms with Gasteiger partial charge in [0.25, 0.3) is 5.69 Å². The highest BCUT2D eigenvalue weighted by Gasteiger charge is 2.34. The number of anilines is 2. The third-order valence-corrected chi connectivity index (χ3v) is 5.93. The standard InChI is InChI=1S/C16H17N5O4S2/c1-9-3-4-11(7-13(9)21(24)25)17-14(23)8-26-16-19-18-15(27-16)20(10(2)22)12-5-6-12/h3-4,7,12H,5-6,8H2,1-2H3,(H,17,23). The lowest BCUT2D eigenvalue weighted by Gasteiger charge is -2.15. The van der Waals surface area contributed by atoms with Gasteiger partial charge in [0.15, 0.2) is 4.34 Å². The van der Waals surface area contributed by atoms with Gasteiger partial charge in [0.2, 0.25) is 16.9 Å². The van der Waals surface area contributed by atoms with Crippen LogP contribution in [0.15, 0.2) is 22.5 Å². The number of amides is 2. The Morgan fingerprint density at radius 2 is 2.15 bits per heavy atom. The molecule has 0 aliphatic heterocycles. The summed E-state index contributed by atoms with van der Waals surface area (Å²) in [5, 5.41) is 22.2. The minimum absolute atomic E-state index is 0.0429. The maximum atomic E-state index is 12.1. The van der Waals surface area contributed by atoms with Crippen molar-refractivity contribution in [2.24, 2.45) is 0 Å². The molecule has 0 bridgehead atoms. The molecule has 1 saturated carbocycles. The van der Waals surface area contributed by atoms with E-state index >= 15 is 0 Å². The van der Waals surface area contributed by atoms with Crippen LogP contribution in [0.5, 0.6) is 0 Å². The van der Waals surface area contributed by atoms with E-state index in [9.17, 15) is 19.7 Å². The molecule has 0 saturated heterocycles. The number of nitro groups is 1. The molecule has 2 aromatic rings. The second kappa shape index (κ2) is 8.01. The van der Waals surface area contributed by atoms with Crippen LogP contribution in [0.3, 0.4) is 0 Å². The number of nitro benzene ring substituents is 1. The molecular weight excluding hydrogens is 390 g/mol. The first-order valence-electron chi connectivity index (χ1n) is 8.16. The van der Waals surface area contributed by atoms with Crippen molar-refractivity contribution in [3.05, 3.63) is 33.9 Å². The van der Waals surface area contributed by atoms with Crippen LogP contribution < -0.4 is 10.2 Å². The number of thioether (sulfide) groups is 1. The smallest absolute Gasteiger partial charge is 0.274 e. The zero-order valence-electron chi connectivity index (χ0n) is 14.7. The molecule has 9 nitrogen and oxygen atoms in total. The van der Waals surface area contributed by atoms with E-state index in [-0.39, 0.29) is 29.3 Å². The Balaban J connectivity index is 1.58. The third-order valence-electron chi connectivity index (χ3n) is 3.87. The first-order chi connectivity index (χ1) is 12.8. The summed E-state index contributed by atoms with van der Waals surface area (Å²) in [6.07, 6.45) is 1.93. The van der Waals surface area contributed by atoms with E-state index in [1.807, 2.05) is 0 Å². The molecule has 1 aliphatic rings. The van der Waals surface area contributed by atoms with Crippen LogP contribution in [0, 0.1) is 17.0 Å². The molecule has 1 aliphatic carbocycles. The minimum atomic E-state index is -0.483. The van der Waals surface area contributed by atoms with Crippen LogP contribution in [0.4, 0.5) is 16.5 Å². The summed E-state index contributed by atoms with van der Waals surface area (Å²) < 4.78 is 0.585. The highest BCUT2D eigenvalue weighted by molar-refractivity contribution is 8.01. The summed E-state index contributed by atoms with van der Waals surface area (Å²) in [5.74, 6) is -0.288. The fourth-order valence-electron chi connectivity index (χ4n) is 2.45. The Bertz CT molecular complexity index is 897. The zero-order chi connectivity index (χ0) is 19.6. The number of carbonyl (C=O) groups excluding carboxylic acids is 2. The third kappa shape index (κ3) is 4.80. The molecule has 142 valence electrons. The van der Waals surface area contributed by atoms with E-state index in [0.29, 0.717) is 20.7 Å². The monoisotopic (exact) mass is 407 g/mol. The molecule has 2 amide bonds. The van der Waals surface area contributed by atoms with E-state index in [2.05, 4.69) is 15.5 Å². The van der Waals surface area contributed by atoms with Gasteiger partial charge in [0.05, 0.1) is 10.7 Å². The highest BCUT2D eigenvalue weighted by atomic mass is 32.2. The van der Waals surface area contributed by atoms with Crippen molar-refractivity contribution in [1.29, 1.82) is 0 Å². The molecule has 1 aromatic heterocycles. The van der Waals surface area contributed by atoms with Crippen molar-refractivity contribution in [3.63, 3.8) is 0 Å². The fourth-order valence-corrected chi connectivity index (χ4v) is 4.20. The van der Waals surface area contributed by atoms with Crippen molar-refractivity contribution in [2.75, 3.05) is 16.0 Å². The lowest BCUT2D eigenvalue weighted by atomic mass is 10.2. The number of rotatable bonds is 7. The lowest BCUT2D eigenvalue weighted by molar-refractivity contribution is -0.385. The summed E-state index contributed by atoms with van der Waals surface area (Å²) in [6.45, 7) is 3.14. The minimum Gasteiger partial charge on any atom is -0.325 e. The first kappa shape index (κ1) is 19.2. The maximum Gasteiger partial charge on any atom is 0.274 e. The summed E-state index contributed by atoms with van der Waals surface area (Å²) in [4.78, 5) is 36.0. The molecular formula is C16H17N5O4S2.